The van der Waals surface area contributed by atoms with Crippen LogP contribution >= 0.6 is 0 Å². The monoisotopic (exact) mass is 536 g/mol. The van der Waals surface area contributed by atoms with E-state index in [-0.39, 0.29) is 11.4 Å². The average Bonchev–Trinajstić information content (AvgIpc) is 3.51. The van der Waals surface area contributed by atoms with Gasteiger partial charge in [0.2, 0.25) is 0 Å². The van der Waals surface area contributed by atoms with Gasteiger partial charge in [0.25, 0.3) is 0 Å². The van der Waals surface area contributed by atoms with E-state index in [4.69, 9.17) is 0 Å². The van der Waals surface area contributed by atoms with E-state index in [1.54, 1.807) is 18.5 Å². The van der Waals surface area contributed by atoms with Gasteiger partial charge in [-0.1, -0.05) is 26.0 Å². The van der Waals surface area contributed by atoms with Gasteiger partial charge in [-0.05, 0) is 85.4 Å². The highest BCUT2D eigenvalue weighted by atomic mass is 19.4. The summed E-state index contributed by atoms with van der Waals surface area (Å²) in [7, 11) is 0. The zero-order valence-corrected chi connectivity index (χ0v) is 22.2. The highest BCUT2D eigenvalue weighted by molar-refractivity contribution is 5.58. The van der Waals surface area contributed by atoms with Crippen molar-refractivity contribution in [2.24, 2.45) is 28.0 Å². The fourth-order valence-electron chi connectivity index (χ4n) is 6.63. The fourth-order valence-corrected chi connectivity index (χ4v) is 6.63. The number of likely N-dealkylation sites (tertiary alicyclic amines) is 1. The lowest BCUT2D eigenvalue weighted by atomic mass is 9.65. The third-order valence-corrected chi connectivity index (χ3v) is 8.47. The molecular formula is C30H33F3N5O. The number of fused-ring (bicyclic) bond motifs is 1. The molecule has 0 unspecified atom stereocenters. The molecule has 0 bridgehead atoms. The number of hydrogen-bond donors (Lipinski definition) is 0. The Morgan fingerprint density at radius 3 is 2.62 bits per heavy atom. The molecule has 2 aromatic heterocycles. The summed E-state index contributed by atoms with van der Waals surface area (Å²) >= 11 is 0. The first kappa shape index (κ1) is 26.0. The molecule has 1 aromatic carbocycles. The summed E-state index contributed by atoms with van der Waals surface area (Å²) < 4.78 is 45.2. The molecule has 1 saturated carbocycles. The predicted molar refractivity (Wildman–Crippen MR) is 144 cm³/mol. The molecule has 2 fully saturated rings. The van der Waals surface area contributed by atoms with Gasteiger partial charge in [-0.15, -0.1) is 0 Å². The first-order valence-electron chi connectivity index (χ1n) is 13.8. The van der Waals surface area contributed by atoms with E-state index in [0.29, 0.717) is 35.5 Å². The summed E-state index contributed by atoms with van der Waals surface area (Å²) in [4.78, 5) is 15.8. The number of hydrogen-bond acceptors (Lipinski definition) is 4. The van der Waals surface area contributed by atoms with E-state index < -0.39 is 17.4 Å². The molecule has 6 nitrogen and oxygen atoms in total. The summed E-state index contributed by atoms with van der Waals surface area (Å²) in [5.41, 5.74) is 0.584. The lowest BCUT2D eigenvalue weighted by Gasteiger charge is -2.40. The smallest absolute Gasteiger partial charge is 0.299 e. The number of nitrogens with zero attached hydrogens (tertiary/aromatic N) is 5. The van der Waals surface area contributed by atoms with E-state index in [1.165, 1.54) is 16.8 Å². The van der Waals surface area contributed by atoms with Crippen LogP contribution < -0.4 is 5.69 Å². The van der Waals surface area contributed by atoms with Crippen LogP contribution in [0.15, 0.2) is 70.0 Å². The number of aromatic nitrogens is 2. The molecule has 0 N–H and O–H groups in total. The minimum atomic E-state index is -4.58. The quantitative estimate of drug-likeness (QED) is 0.341. The predicted octanol–water partition coefficient (Wildman–Crippen LogP) is 6.98. The minimum Gasteiger partial charge on any atom is -0.299 e. The van der Waals surface area contributed by atoms with E-state index in [2.05, 4.69) is 29.0 Å². The van der Waals surface area contributed by atoms with Gasteiger partial charge in [0.1, 0.15) is 6.04 Å². The topological polar surface area (TPSA) is 54.4 Å². The van der Waals surface area contributed by atoms with Crippen LogP contribution in [0.25, 0.3) is 11.2 Å². The molecule has 2 atom stereocenters. The summed E-state index contributed by atoms with van der Waals surface area (Å²) in [6.45, 7) is 6.47. The molecule has 1 saturated heterocycles. The number of pyridine rings is 1. The molecule has 39 heavy (non-hydrogen) atoms. The number of alkyl halides is 3. The third kappa shape index (κ3) is 5.09. The first-order valence-corrected chi connectivity index (χ1v) is 13.8. The third-order valence-electron chi connectivity index (χ3n) is 8.47. The minimum absolute atomic E-state index is 0.0284. The second kappa shape index (κ2) is 10.1. The maximum Gasteiger partial charge on any atom is 0.418 e. The summed E-state index contributed by atoms with van der Waals surface area (Å²) in [6.07, 6.45) is 6.21. The SMILES string of the molecule is CC1CC([C@@H]([C]2C=CN=N2)c2cccc(-n3cc4c(C(F)(F)F)cc(CN5CCC[C@H](C)C5)cn4c3=O)c2)C1. The summed E-state index contributed by atoms with van der Waals surface area (Å²) in [5.74, 6) is 1.59. The van der Waals surface area contributed by atoms with Crippen molar-refractivity contribution >= 4 is 5.52 Å². The summed E-state index contributed by atoms with van der Waals surface area (Å²) in [5, 5.41) is 8.35. The van der Waals surface area contributed by atoms with Crippen molar-refractivity contribution in [1.29, 1.82) is 0 Å². The van der Waals surface area contributed by atoms with Gasteiger partial charge in [0, 0.05) is 37.6 Å². The summed E-state index contributed by atoms with van der Waals surface area (Å²) in [6, 6.07) is 9.63. The molecule has 0 spiro atoms. The van der Waals surface area contributed by atoms with Gasteiger partial charge in [0.15, 0.2) is 0 Å². The number of halogens is 3. The lowest BCUT2D eigenvalue weighted by Crippen LogP contribution is -2.34. The van der Waals surface area contributed by atoms with Crippen LogP contribution in [0.3, 0.4) is 0 Å². The van der Waals surface area contributed by atoms with E-state index in [1.807, 2.05) is 24.3 Å². The Hall–Kier alpha value is -3.20. The normalized spacial score (nSPS) is 24.9. The van der Waals surface area contributed by atoms with E-state index >= 15 is 0 Å². The van der Waals surface area contributed by atoms with Gasteiger partial charge in [-0.3, -0.25) is 13.9 Å². The van der Waals surface area contributed by atoms with Gasteiger partial charge < -0.3 is 0 Å². The molecule has 6 rings (SSSR count). The molecule has 3 aliphatic rings. The van der Waals surface area contributed by atoms with Crippen molar-refractivity contribution in [1.82, 2.24) is 13.9 Å². The Morgan fingerprint density at radius 2 is 1.92 bits per heavy atom. The molecule has 4 heterocycles. The van der Waals surface area contributed by atoms with Crippen molar-refractivity contribution < 1.29 is 13.2 Å². The maximum atomic E-state index is 14.2. The Balaban J connectivity index is 1.40. The van der Waals surface area contributed by atoms with Crippen LogP contribution in [-0.2, 0) is 12.7 Å². The van der Waals surface area contributed by atoms with Gasteiger partial charge in [-0.25, -0.2) is 4.79 Å². The van der Waals surface area contributed by atoms with Crippen molar-refractivity contribution in [2.75, 3.05) is 13.1 Å². The molecule has 9 heteroatoms. The van der Waals surface area contributed by atoms with Crippen LogP contribution in [0.2, 0.25) is 0 Å². The van der Waals surface area contributed by atoms with Crippen molar-refractivity contribution in [3.63, 3.8) is 0 Å². The fraction of sp³-hybridized carbons (Fsp3) is 0.467. The molecule has 1 radical (unpaired) electrons. The second-order valence-electron chi connectivity index (χ2n) is 11.6. The Kier molecular flexibility index (Phi) is 6.73. The largest absolute Gasteiger partial charge is 0.418 e. The van der Waals surface area contributed by atoms with Gasteiger partial charge in [0.05, 0.1) is 16.8 Å². The average molecular weight is 537 g/mol. The number of benzene rings is 1. The Labute approximate surface area is 225 Å². The van der Waals surface area contributed by atoms with Crippen LogP contribution in [-0.4, -0.2) is 27.0 Å². The number of piperidine rings is 1. The Bertz CT molecular complexity index is 1470. The molecule has 1 aliphatic carbocycles. The van der Waals surface area contributed by atoms with Crippen molar-refractivity contribution in [3.8, 4) is 5.69 Å². The van der Waals surface area contributed by atoms with Crippen LogP contribution in [0.5, 0.6) is 0 Å². The number of imidazole rings is 1. The molecule has 2 aliphatic heterocycles. The van der Waals surface area contributed by atoms with Gasteiger partial charge >= 0.3 is 11.9 Å². The molecular weight excluding hydrogens is 503 g/mol. The zero-order chi connectivity index (χ0) is 27.3. The Morgan fingerprint density at radius 1 is 1.10 bits per heavy atom. The molecule has 0 amide bonds. The van der Waals surface area contributed by atoms with Crippen molar-refractivity contribution in [2.45, 2.75) is 58.2 Å². The van der Waals surface area contributed by atoms with Crippen LogP contribution in [0.4, 0.5) is 13.2 Å². The maximum absolute atomic E-state index is 14.2. The number of azo groups is 1. The first-order chi connectivity index (χ1) is 18.7. The number of rotatable bonds is 6. The van der Waals surface area contributed by atoms with Crippen LogP contribution in [0.1, 0.15) is 62.1 Å². The van der Waals surface area contributed by atoms with Gasteiger partial charge in [-0.2, -0.15) is 23.4 Å². The van der Waals surface area contributed by atoms with Crippen LogP contribution in [0, 0.1) is 23.8 Å². The van der Waals surface area contributed by atoms with Crippen molar-refractivity contribution in [3.05, 3.63) is 88.2 Å². The zero-order valence-electron chi connectivity index (χ0n) is 22.2. The highest BCUT2D eigenvalue weighted by Crippen LogP contribution is 2.49. The standard InChI is InChI=1S/C30H33F3N5O/c1-19-5-4-10-36(15-19)16-21-13-25(30(31,32)33)27-18-37(29(39)38(27)17-21)24-7-3-6-22(14-24)28(23-11-20(2)12-23)26-8-9-34-35-26/h3,6-9,13-14,17-20,23,28H,4-5,10-12,15-16H2,1-2H3/t19-,20?,23?,28-/m0/s1. The van der Waals surface area contributed by atoms with E-state index in [0.717, 1.165) is 54.8 Å². The molecule has 205 valence electrons. The second-order valence-corrected chi connectivity index (χ2v) is 11.6. The highest BCUT2D eigenvalue weighted by Gasteiger charge is 2.39. The van der Waals surface area contributed by atoms with E-state index in [9.17, 15) is 18.0 Å². The lowest BCUT2D eigenvalue weighted by molar-refractivity contribution is -0.136. The molecule has 3 aromatic rings.